The summed E-state index contributed by atoms with van der Waals surface area (Å²) < 4.78 is 0. The average Bonchev–Trinajstić information content (AvgIpc) is 2.47. The van der Waals surface area contributed by atoms with E-state index in [1.54, 1.807) is 0 Å². The van der Waals surface area contributed by atoms with Gasteiger partial charge in [0.05, 0.1) is 0 Å². The molecule has 1 heterocycles. The third-order valence-corrected chi connectivity index (χ3v) is 4.24. The molecule has 0 bridgehead atoms. The van der Waals surface area contributed by atoms with E-state index in [9.17, 15) is 0 Å². The standard InChI is InChI=1S/C13H28N2/c1-5-13(6-2,7-3)15-10-8-9-14-12(4)11-15/h12,14H,5-11H2,1-4H3. The molecule has 1 aliphatic heterocycles. The molecule has 2 heteroatoms. The van der Waals surface area contributed by atoms with Crippen molar-refractivity contribution >= 4 is 0 Å². The van der Waals surface area contributed by atoms with E-state index >= 15 is 0 Å². The summed E-state index contributed by atoms with van der Waals surface area (Å²) in [5.74, 6) is 0. The Morgan fingerprint density at radius 2 is 1.80 bits per heavy atom. The summed E-state index contributed by atoms with van der Waals surface area (Å²) >= 11 is 0. The van der Waals surface area contributed by atoms with Crippen LogP contribution in [0.4, 0.5) is 0 Å². The van der Waals surface area contributed by atoms with Gasteiger partial charge < -0.3 is 5.32 Å². The molecular weight excluding hydrogens is 184 g/mol. The highest BCUT2D eigenvalue weighted by atomic mass is 15.2. The lowest BCUT2D eigenvalue weighted by atomic mass is 9.87. The fourth-order valence-corrected chi connectivity index (χ4v) is 2.96. The minimum Gasteiger partial charge on any atom is -0.313 e. The lowest BCUT2D eigenvalue weighted by molar-refractivity contribution is 0.0733. The van der Waals surface area contributed by atoms with Gasteiger partial charge in [-0.1, -0.05) is 20.8 Å². The zero-order chi connectivity index (χ0) is 11.3. The second kappa shape index (κ2) is 5.86. The summed E-state index contributed by atoms with van der Waals surface area (Å²) in [5, 5.41) is 3.58. The quantitative estimate of drug-likeness (QED) is 0.770. The van der Waals surface area contributed by atoms with E-state index in [1.807, 2.05) is 0 Å². The Hall–Kier alpha value is -0.0800. The fraction of sp³-hybridized carbons (Fsp3) is 1.00. The molecular formula is C13H28N2. The van der Waals surface area contributed by atoms with Crippen LogP contribution in [0.2, 0.25) is 0 Å². The van der Waals surface area contributed by atoms with Crippen LogP contribution in [0.15, 0.2) is 0 Å². The Labute approximate surface area is 95.4 Å². The van der Waals surface area contributed by atoms with Gasteiger partial charge in [0.15, 0.2) is 0 Å². The van der Waals surface area contributed by atoms with Crippen molar-refractivity contribution in [3.63, 3.8) is 0 Å². The van der Waals surface area contributed by atoms with Crippen molar-refractivity contribution < 1.29 is 0 Å². The molecule has 1 fully saturated rings. The van der Waals surface area contributed by atoms with Crippen LogP contribution in [0, 0.1) is 0 Å². The molecule has 0 amide bonds. The molecule has 1 aliphatic rings. The normalized spacial score (nSPS) is 25.2. The van der Waals surface area contributed by atoms with Crippen molar-refractivity contribution in [1.29, 1.82) is 0 Å². The van der Waals surface area contributed by atoms with E-state index in [1.165, 1.54) is 45.3 Å². The van der Waals surface area contributed by atoms with Gasteiger partial charge in [0.25, 0.3) is 0 Å². The first-order valence-corrected chi connectivity index (χ1v) is 6.67. The van der Waals surface area contributed by atoms with E-state index < -0.39 is 0 Å². The van der Waals surface area contributed by atoms with Crippen LogP contribution in [-0.2, 0) is 0 Å². The molecule has 0 aromatic heterocycles. The maximum Gasteiger partial charge on any atom is 0.0202 e. The van der Waals surface area contributed by atoms with Gasteiger partial charge in [-0.25, -0.2) is 0 Å². The van der Waals surface area contributed by atoms with Crippen molar-refractivity contribution in [2.45, 2.75) is 65.0 Å². The van der Waals surface area contributed by atoms with E-state index in [0.717, 1.165) is 0 Å². The Morgan fingerprint density at radius 3 is 2.33 bits per heavy atom. The number of rotatable bonds is 4. The molecule has 0 spiro atoms. The van der Waals surface area contributed by atoms with E-state index in [0.29, 0.717) is 11.6 Å². The minimum atomic E-state index is 0.459. The monoisotopic (exact) mass is 212 g/mol. The maximum atomic E-state index is 3.58. The van der Waals surface area contributed by atoms with Gasteiger partial charge in [-0.3, -0.25) is 4.90 Å². The Balaban J connectivity index is 2.72. The first-order valence-electron chi connectivity index (χ1n) is 6.67. The van der Waals surface area contributed by atoms with Crippen LogP contribution in [0.25, 0.3) is 0 Å². The molecule has 2 nitrogen and oxygen atoms in total. The molecule has 15 heavy (non-hydrogen) atoms. The Bertz CT molecular complexity index is 167. The first-order chi connectivity index (χ1) is 7.18. The van der Waals surface area contributed by atoms with Crippen molar-refractivity contribution in [3.05, 3.63) is 0 Å². The van der Waals surface area contributed by atoms with Crippen molar-refractivity contribution in [2.24, 2.45) is 0 Å². The van der Waals surface area contributed by atoms with Crippen LogP contribution in [-0.4, -0.2) is 36.1 Å². The number of nitrogens with zero attached hydrogens (tertiary/aromatic N) is 1. The van der Waals surface area contributed by atoms with Gasteiger partial charge in [0.2, 0.25) is 0 Å². The predicted octanol–water partition coefficient (Wildman–Crippen LogP) is 2.64. The summed E-state index contributed by atoms with van der Waals surface area (Å²) in [6, 6.07) is 0.650. The minimum absolute atomic E-state index is 0.459. The molecule has 1 N–H and O–H groups in total. The van der Waals surface area contributed by atoms with Crippen LogP contribution >= 0.6 is 0 Å². The zero-order valence-corrected chi connectivity index (χ0v) is 11.0. The molecule has 1 rings (SSSR count). The Morgan fingerprint density at radius 1 is 1.20 bits per heavy atom. The van der Waals surface area contributed by atoms with E-state index in [2.05, 4.69) is 37.9 Å². The molecule has 1 saturated heterocycles. The molecule has 0 aromatic rings. The van der Waals surface area contributed by atoms with Crippen LogP contribution < -0.4 is 5.32 Å². The fourth-order valence-electron chi connectivity index (χ4n) is 2.96. The first kappa shape index (κ1) is 13.0. The van der Waals surface area contributed by atoms with Crippen molar-refractivity contribution in [1.82, 2.24) is 10.2 Å². The van der Waals surface area contributed by atoms with E-state index in [4.69, 9.17) is 0 Å². The number of hydrogen-bond acceptors (Lipinski definition) is 2. The van der Waals surface area contributed by atoms with Gasteiger partial charge >= 0.3 is 0 Å². The van der Waals surface area contributed by atoms with Gasteiger partial charge in [-0.15, -0.1) is 0 Å². The van der Waals surface area contributed by atoms with Crippen molar-refractivity contribution in [2.75, 3.05) is 19.6 Å². The average molecular weight is 212 g/mol. The second-order valence-corrected chi connectivity index (χ2v) is 4.94. The number of hydrogen-bond donors (Lipinski definition) is 1. The predicted molar refractivity (Wildman–Crippen MR) is 67.3 cm³/mol. The summed E-state index contributed by atoms with van der Waals surface area (Å²) in [4.78, 5) is 2.73. The van der Waals surface area contributed by atoms with Gasteiger partial charge in [-0.2, -0.15) is 0 Å². The molecule has 90 valence electrons. The molecule has 1 atom stereocenters. The lowest BCUT2D eigenvalue weighted by Gasteiger charge is -2.43. The smallest absolute Gasteiger partial charge is 0.0202 e. The summed E-state index contributed by atoms with van der Waals surface area (Å²) in [7, 11) is 0. The maximum absolute atomic E-state index is 3.58. The lowest BCUT2D eigenvalue weighted by Crippen LogP contribution is -2.50. The highest BCUT2D eigenvalue weighted by molar-refractivity contribution is 4.90. The molecule has 0 aromatic carbocycles. The topological polar surface area (TPSA) is 15.3 Å². The molecule has 0 aliphatic carbocycles. The van der Waals surface area contributed by atoms with Crippen LogP contribution in [0.1, 0.15) is 53.4 Å². The highest BCUT2D eigenvalue weighted by Gasteiger charge is 2.32. The third-order valence-electron chi connectivity index (χ3n) is 4.24. The summed E-state index contributed by atoms with van der Waals surface area (Å²) in [5.41, 5.74) is 0.459. The zero-order valence-electron chi connectivity index (χ0n) is 11.0. The third kappa shape index (κ3) is 2.94. The van der Waals surface area contributed by atoms with Gasteiger partial charge in [0.1, 0.15) is 0 Å². The van der Waals surface area contributed by atoms with Crippen LogP contribution in [0.5, 0.6) is 0 Å². The summed E-state index contributed by atoms with van der Waals surface area (Å²) in [6.45, 7) is 13.0. The second-order valence-electron chi connectivity index (χ2n) is 4.94. The largest absolute Gasteiger partial charge is 0.313 e. The number of nitrogens with one attached hydrogen (secondary N) is 1. The molecule has 0 saturated carbocycles. The molecule has 0 radical (unpaired) electrons. The SMILES string of the molecule is CCC(CC)(CC)N1CCCNC(C)C1. The van der Waals surface area contributed by atoms with E-state index in [-0.39, 0.29) is 0 Å². The summed E-state index contributed by atoms with van der Waals surface area (Å²) in [6.07, 6.45) is 5.15. The van der Waals surface area contributed by atoms with Gasteiger partial charge in [0, 0.05) is 18.1 Å². The molecule has 1 unspecified atom stereocenters. The van der Waals surface area contributed by atoms with Crippen molar-refractivity contribution in [3.8, 4) is 0 Å². The highest BCUT2D eigenvalue weighted by Crippen LogP contribution is 2.28. The Kier molecular flexibility index (Phi) is 5.07. The van der Waals surface area contributed by atoms with Gasteiger partial charge in [-0.05, 0) is 45.7 Å². The van der Waals surface area contributed by atoms with Crippen LogP contribution in [0.3, 0.4) is 0 Å².